The van der Waals surface area contributed by atoms with E-state index in [1.807, 2.05) is 0 Å². The third-order valence-corrected chi connectivity index (χ3v) is 1.68. The van der Waals surface area contributed by atoms with Gasteiger partial charge in [0.1, 0.15) is 0 Å². The molecule has 47 valence electrons. The van der Waals surface area contributed by atoms with Gasteiger partial charge in [-0.1, -0.05) is 6.92 Å². The fourth-order valence-corrected chi connectivity index (χ4v) is 1.13. The van der Waals surface area contributed by atoms with Crippen molar-refractivity contribution in [1.29, 1.82) is 0 Å². The van der Waals surface area contributed by atoms with Crippen LogP contribution in [0.4, 0.5) is 0 Å². The number of ether oxygens (including phenoxy) is 1. The molecule has 0 aromatic rings. The lowest BCUT2D eigenvalue weighted by molar-refractivity contribution is -0.0122. The molecule has 0 aromatic heterocycles. The van der Waals surface area contributed by atoms with Gasteiger partial charge in [0.2, 0.25) is 0 Å². The first-order chi connectivity index (χ1) is 3.83. The Kier molecular flexibility index (Phi) is 1.90. The molecule has 8 heavy (non-hydrogen) atoms. The minimum atomic E-state index is 0.544. The third kappa shape index (κ3) is 1.22. The zero-order chi connectivity index (χ0) is 5.98. The largest absolute Gasteiger partial charge is 0.378 e. The first-order valence-electron chi connectivity index (χ1n) is 3.23. The average Bonchev–Trinajstić information content (AvgIpc) is 1.64. The summed E-state index contributed by atoms with van der Waals surface area (Å²) < 4.78 is 5.24. The van der Waals surface area contributed by atoms with E-state index in [0.29, 0.717) is 12.7 Å². The van der Waals surface area contributed by atoms with Crippen LogP contribution in [-0.2, 0) is 4.74 Å². The van der Waals surface area contributed by atoms with E-state index in [9.17, 15) is 0 Å². The van der Waals surface area contributed by atoms with E-state index < -0.39 is 0 Å². The monoisotopic (exact) mass is 113 g/mol. The van der Waals surface area contributed by atoms with Crippen LogP contribution >= 0.6 is 0 Å². The number of hydrogen-bond donors (Lipinski definition) is 0. The van der Waals surface area contributed by atoms with Gasteiger partial charge in [0.25, 0.3) is 0 Å². The molecule has 0 atom stereocenters. The first-order valence-corrected chi connectivity index (χ1v) is 3.23. The molecule has 1 fully saturated rings. The van der Waals surface area contributed by atoms with E-state index in [0.717, 1.165) is 5.92 Å². The fourth-order valence-electron chi connectivity index (χ4n) is 1.13. The lowest BCUT2D eigenvalue weighted by Gasteiger charge is -2.31. The highest BCUT2D eigenvalue weighted by molar-refractivity contribution is 4.76. The van der Waals surface area contributed by atoms with Gasteiger partial charge in [0, 0.05) is 6.61 Å². The van der Waals surface area contributed by atoms with Crippen molar-refractivity contribution in [2.75, 3.05) is 6.61 Å². The third-order valence-electron chi connectivity index (χ3n) is 1.68. The Balaban J connectivity index is 1.98. The second kappa shape index (κ2) is 2.49. The molecule has 0 heterocycles. The molecule has 0 bridgehead atoms. The van der Waals surface area contributed by atoms with Crippen LogP contribution in [0, 0.1) is 12.8 Å². The average molecular weight is 113 g/mol. The van der Waals surface area contributed by atoms with Crippen LogP contribution in [-0.4, -0.2) is 12.7 Å². The molecule has 0 aromatic carbocycles. The SMILES string of the molecule is [CH2]COC1CC(C)C1. The van der Waals surface area contributed by atoms with Crippen molar-refractivity contribution in [3.05, 3.63) is 6.92 Å². The molecule has 1 nitrogen and oxygen atoms in total. The molecule has 1 aliphatic rings. The van der Waals surface area contributed by atoms with Crippen molar-refractivity contribution < 1.29 is 4.74 Å². The highest BCUT2D eigenvalue weighted by Crippen LogP contribution is 2.28. The smallest absolute Gasteiger partial charge is 0.0580 e. The van der Waals surface area contributed by atoms with Crippen molar-refractivity contribution >= 4 is 0 Å². The molecule has 1 radical (unpaired) electrons. The molecule has 0 amide bonds. The van der Waals surface area contributed by atoms with Crippen molar-refractivity contribution in [3.8, 4) is 0 Å². The second-order valence-electron chi connectivity index (χ2n) is 2.57. The zero-order valence-electron chi connectivity index (χ0n) is 5.39. The van der Waals surface area contributed by atoms with Crippen LogP contribution in [0.25, 0.3) is 0 Å². The van der Waals surface area contributed by atoms with Crippen molar-refractivity contribution in [1.82, 2.24) is 0 Å². The topological polar surface area (TPSA) is 9.23 Å². The maximum absolute atomic E-state index is 5.24. The normalized spacial score (nSPS) is 36.8. The zero-order valence-corrected chi connectivity index (χ0v) is 5.39. The summed E-state index contributed by atoms with van der Waals surface area (Å²) in [7, 11) is 0. The van der Waals surface area contributed by atoms with E-state index >= 15 is 0 Å². The Hall–Kier alpha value is -0.0400. The molecule has 1 rings (SSSR count). The minimum Gasteiger partial charge on any atom is -0.378 e. The summed E-state index contributed by atoms with van der Waals surface area (Å²) in [6.45, 7) is 6.50. The molecular weight excluding hydrogens is 100 g/mol. The van der Waals surface area contributed by atoms with Crippen molar-refractivity contribution in [3.63, 3.8) is 0 Å². The summed E-state index contributed by atoms with van der Waals surface area (Å²) in [5.74, 6) is 0.895. The summed E-state index contributed by atoms with van der Waals surface area (Å²) in [5, 5.41) is 0. The van der Waals surface area contributed by atoms with E-state index in [-0.39, 0.29) is 0 Å². The molecule has 1 saturated carbocycles. The van der Waals surface area contributed by atoms with Gasteiger partial charge in [-0.05, 0) is 25.7 Å². The fraction of sp³-hybridized carbons (Fsp3) is 0.857. The second-order valence-corrected chi connectivity index (χ2v) is 2.57. The molecular formula is C7H13O. The van der Waals surface area contributed by atoms with E-state index in [2.05, 4.69) is 13.8 Å². The molecule has 1 heteroatoms. The minimum absolute atomic E-state index is 0.544. The molecule has 0 saturated heterocycles. The predicted molar refractivity (Wildman–Crippen MR) is 33.5 cm³/mol. The van der Waals surface area contributed by atoms with Crippen LogP contribution in [0.5, 0.6) is 0 Å². The van der Waals surface area contributed by atoms with Crippen LogP contribution in [0.1, 0.15) is 19.8 Å². The number of hydrogen-bond acceptors (Lipinski definition) is 1. The highest BCUT2D eigenvalue weighted by Gasteiger charge is 2.24. The Labute approximate surface area is 51.0 Å². The van der Waals surface area contributed by atoms with Gasteiger partial charge >= 0.3 is 0 Å². The highest BCUT2D eigenvalue weighted by atomic mass is 16.5. The lowest BCUT2D eigenvalue weighted by atomic mass is 9.84. The van der Waals surface area contributed by atoms with Gasteiger partial charge in [-0.3, -0.25) is 0 Å². The Morgan fingerprint density at radius 2 is 2.25 bits per heavy atom. The summed E-state index contributed by atoms with van der Waals surface area (Å²) in [4.78, 5) is 0. The van der Waals surface area contributed by atoms with Crippen LogP contribution in [0.15, 0.2) is 0 Å². The number of rotatable bonds is 2. The maximum atomic E-state index is 5.24. The van der Waals surface area contributed by atoms with E-state index in [1.165, 1.54) is 12.8 Å². The van der Waals surface area contributed by atoms with Crippen molar-refractivity contribution in [2.45, 2.75) is 25.9 Å². The van der Waals surface area contributed by atoms with E-state index in [1.54, 1.807) is 0 Å². The van der Waals surface area contributed by atoms with Gasteiger partial charge in [-0.25, -0.2) is 0 Å². The van der Waals surface area contributed by atoms with Crippen LogP contribution < -0.4 is 0 Å². The van der Waals surface area contributed by atoms with E-state index in [4.69, 9.17) is 4.74 Å². The van der Waals surface area contributed by atoms with Gasteiger partial charge in [0.05, 0.1) is 6.10 Å². The van der Waals surface area contributed by atoms with Crippen LogP contribution in [0.3, 0.4) is 0 Å². The Morgan fingerprint density at radius 1 is 1.62 bits per heavy atom. The van der Waals surface area contributed by atoms with Gasteiger partial charge in [0.15, 0.2) is 0 Å². The standard InChI is InChI=1S/C7H13O/c1-3-8-7-4-6(2)5-7/h6-7H,1,3-5H2,2H3. The molecule has 1 aliphatic carbocycles. The molecule has 0 N–H and O–H groups in total. The summed E-state index contributed by atoms with van der Waals surface area (Å²) in [6.07, 6.45) is 3.04. The van der Waals surface area contributed by atoms with Crippen molar-refractivity contribution in [2.24, 2.45) is 5.92 Å². The summed E-state index contributed by atoms with van der Waals surface area (Å²) in [6, 6.07) is 0. The maximum Gasteiger partial charge on any atom is 0.0580 e. The summed E-state index contributed by atoms with van der Waals surface area (Å²) >= 11 is 0. The van der Waals surface area contributed by atoms with Gasteiger partial charge in [-0.15, -0.1) is 0 Å². The quantitative estimate of drug-likeness (QED) is 0.529. The van der Waals surface area contributed by atoms with Gasteiger partial charge < -0.3 is 4.74 Å². The first kappa shape index (κ1) is 6.09. The van der Waals surface area contributed by atoms with Gasteiger partial charge in [-0.2, -0.15) is 0 Å². The summed E-state index contributed by atoms with van der Waals surface area (Å²) in [5.41, 5.74) is 0. The molecule has 0 spiro atoms. The molecule has 0 unspecified atom stereocenters. The predicted octanol–water partition coefficient (Wildman–Crippen LogP) is 1.64. The lowest BCUT2D eigenvalue weighted by Crippen LogP contribution is -2.29. The molecule has 0 aliphatic heterocycles. The Morgan fingerprint density at radius 3 is 2.62 bits per heavy atom. The van der Waals surface area contributed by atoms with Crippen LogP contribution in [0.2, 0.25) is 0 Å². The Bertz CT molecular complexity index is 62.0.